The molecular formula is C25H19ClN2O4. The average molecular weight is 447 g/mol. The summed E-state index contributed by atoms with van der Waals surface area (Å²) in [7, 11) is 0. The summed E-state index contributed by atoms with van der Waals surface area (Å²) < 4.78 is 5.81. The third-order valence-corrected chi connectivity index (χ3v) is 6.03. The molecule has 2 aliphatic heterocycles. The minimum absolute atomic E-state index is 0.175. The van der Waals surface area contributed by atoms with Crippen molar-refractivity contribution in [3.05, 3.63) is 94.0 Å². The number of benzene rings is 3. The first-order valence-corrected chi connectivity index (χ1v) is 10.7. The number of amides is 3. The predicted octanol–water partition coefficient (Wildman–Crippen LogP) is 4.78. The van der Waals surface area contributed by atoms with Crippen molar-refractivity contribution in [1.82, 2.24) is 0 Å². The van der Waals surface area contributed by atoms with Crippen LogP contribution >= 0.6 is 11.6 Å². The molecule has 7 heteroatoms. The number of hydrogen-bond donors (Lipinski definition) is 1. The van der Waals surface area contributed by atoms with E-state index in [0.29, 0.717) is 23.4 Å². The number of carbonyl (C=O) groups excluding carboxylic acids is 3. The molecule has 3 amide bonds. The predicted molar refractivity (Wildman–Crippen MR) is 121 cm³/mol. The van der Waals surface area contributed by atoms with Crippen LogP contribution in [0.25, 0.3) is 0 Å². The highest BCUT2D eigenvalue weighted by Crippen LogP contribution is 2.35. The topological polar surface area (TPSA) is 75.7 Å². The van der Waals surface area contributed by atoms with Gasteiger partial charge in [-0.1, -0.05) is 48.0 Å². The Hall–Kier alpha value is -3.48. The van der Waals surface area contributed by atoms with Crippen molar-refractivity contribution in [2.45, 2.75) is 18.9 Å². The largest absolute Gasteiger partial charge is 0.373 e. The highest BCUT2D eigenvalue weighted by atomic mass is 35.5. The number of ether oxygens (including phenoxy) is 1. The Morgan fingerprint density at radius 3 is 2.41 bits per heavy atom. The number of fused-ring (bicyclic) bond motifs is 2. The van der Waals surface area contributed by atoms with Gasteiger partial charge in [-0.05, 0) is 47.9 Å². The molecule has 160 valence electrons. The zero-order chi connectivity index (χ0) is 22.2. The van der Waals surface area contributed by atoms with Crippen LogP contribution in [0.2, 0.25) is 5.02 Å². The molecule has 0 spiro atoms. The fourth-order valence-electron chi connectivity index (χ4n) is 4.20. The Balaban J connectivity index is 1.31. The second-order valence-corrected chi connectivity index (χ2v) is 8.13. The summed E-state index contributed by atoms with van der Waals surface area (Å²) in [6, 6.07) is 19.3. The lowest BCUT2D eigenvalue weighted by Crippen LogP contribution is -2.29. The van der Waals surface area contributed by atoms with E-state index < -0.39 is 11.8 Å². The summed E-state index contributed by atoms with van der Waals surface area (Å²) >= 11 is 6.40. The van der Waals surface area contributed by atoms with Gasteiger partial charge >= 0.3 is 0 Å². The molecule has 32 heavy (non-hydrogen) atoms. The fourth-order valence-corrected chi connectivity index (χ4v) is 4.47. The first-order valence-electron chi connectivity index (χ1n) is 10.3. The van der Waals surface area contributed by atoms with E-state index in [-0.39, 0.29) is 29.1 Å². The second-order valence-electron chi connectivity index (χ2n) is 7.72. The summed E-state index contributed by atoms with van der Waals surface area (Å²) in [5.74, 6) is -1.05. The average Bonchev–Trinajstić information content (AvgIpc) is 3.05. The van der Waals surface area contributed by atoms with Crippen LogP contribution in [0.3, 0.4) is 0 Å². The van der Waals surface area contributed by atoms with Crippen molar-refractivity contribution in [3.63, 3.8) is 0 Å². The lowest BCUT2D eigenvalue weighted by molar-refractivity contribution is -0.119. The summed E-state index contributed by atoms with van der Waals surface area (Å²) in [4.78, 5) is 39.1. The van der Waals surface area contributed by atoms with Gasteiger partial charge in [-0.15, -0.1) is 0 Å². The molecule has 3 aromatic rings. The Morgan fingerprint density at radius 2 is 1.69 bits per heavy atom. The first-order chi connectivity index (χ1) is 15.5. The van der Waals surface area contributed by atoms with Crippen molar-refractivity contribution in [2.24, 2.45) is 0 Å². The number of carbonyl (C=O) groups is 3. The number of nitrogens with zero attached hydrogens (tertiary/aromatic N) is 1. The molecule has 5 rings (SSSR count). The summed E-state index contributed by atoms with van der Waals surface area (Å²) in [5, 5.41) is 3.02. The Kier molecular flexibility index (Phi) is 5.25. The lowest BCUT2D eigenvalue weighted by atomic mass is 9.95. The third-order valence-electron chi connectivity index (χ3n) is 5.73. The van der Waals surface area contributed by atoms with Crippen molar-refractivity contribution < 1.29 is 19.1 Å². The maximum absolute atomic E-state index is 12.7. The molecule has 2 aliphatic rings. The molecule has 1 atom stereocenters. The summed E-state index contributed by atoms with van der Waals surface area (Å²) in [6.45, 7) is 0.579. The van der Waals surface area contributed by atoms with Gasteiger partial charge in [-0.25, -0.2) is 4.90 Å². The van der Waals surface area contributed by atoms with Gasteiger partial charge in [-0.2, -0.15) is 0 Å². The monoisotopic (exact) mass is 446 g/mol. The smallest absolute Gasteiger partial charge is 0.266 e. The van der Waals surface area contributed by atoms with Crippen molar-refractivity contribution in [3.8, 4) is 0 Å². The van der Waals surface area contributed by atoms with E-state index in [0.717, 1.165) is 16.9 Å². The Labute approximate surface area is 189 Å². The first kappa shape index (κ1) is 20.4. The quantitative estimate of drug-likeness (QED) is 0.585. The van der Waals surface area contributed by atoms with E-state index in [2.05, 4.69) is 11.4 Å². The number of imide groups is 1. The van der Waals surface area contributed by atoms with Crippen LogP contribution in [0, 0.1) is 0 Å². The van der Waals surface area contributed by atoms with Gasteiger partial charge in [0.05, 0.1) is 41.0 Å². The second kappa shape index (κ2) is 8.22. The number of nitrogens with one attached hydrogen (secondary N) is 1. The van der Waals surface area contributed by atoms with Gasteiger partial charge < -0.3 is 10.1 Å². The summed E-state index contributed by atoms with van der Waals surface area (Å²) in [5.41, 5.74) is 3.68. The van der Waals surface area contributed by atoms with Crippen LogP contribution in [0.1, 0.15) is 44.4 Å². The zero-order valence-electron chi connectivity index (χ0n) is 17.0. The van der Waals surface area contributed by atoms with Gasteiger partial charge in [0.15, 0.2) is 0 Å². The van der Waals surface area contributed by atoms with Gasteiger partial charge in [0, 0.05) is 5.69 Å². The van der Waals surface area contributed by atoms with E-state index in [1.807, 2.05) is 18.2 Å². The number of anilines is 2. The van der Waals surface area contributed by atoms with Crippen molar-refractivity contribution in [1.29, 1.82) is 0 Å². The van der Waals surface area contributed by atoms with Crippen LogP contribution in [-0.2, 0) is 16.0 Å². The molecule has 0 radical (unpaired) electrons. The minimum atomic E-state index is -0.419. The van der Waals surface area contributed by atoms with Crippen LogP contribution in [0.4, 0.5) is 11.4 Å². The van der Waals surface area contributed by atoms with E-state index in [4.69, 9.17) is 16.3 Å². The number of hydrogen-bond acceptors (Lipinski definition) is 4. The van der Waals surface area contributed by atoms with Crippen molar-refractivity contribution >= 4 is 40.7 Å². The maximum atomic E-state index is 12.7. The van der Waals surface area contributed by atoms with Crippen LogP contribution in [0.5, 0.6) is 0 Å². The van der Waals surface area contributed by atoms with Crippen LogP contribution in [0.15, 0.2) is 66.7 Å². The molecule has 2 heterocycles. The highest BCUT2D eigenvalue weighted by Gasteiger charge is 2.37. The Morgan fingerprint density at radius 1 is 1.00 bits per heavy atom. The molecule has 0 fully saturated rings. The molecule has 6 nitrogen and oxygen atoms in total. The fraction of sp³-hybridized carbons (Fsp3) is 0.160. The van der Waals surface area contributed by atoms with Crippen LogP contribution in [-0.4, -0.2) is 24.3 Å². The molecular weight excluding hydrogens is 428 g/mol. The molecule has 0 saturated carbocycles. The van der Waals surface area contributed by atoms with E-state index in [1.165, 1.54) is 11.6 Å². The normalized spacial score (nSPS) is 17.2. The van der Waals surface area contributed by atoms with Crippen molar-refractivity contribution in [2.75, 3.05) is 16.8 Å². The molecule has 0 aromatic heterocycles. The lowest BCUT2D eigenvalue weighted by Gasteiger charge is -2.25. The molecule has 1 unspecified atom stereocenters. The molecule has 1 N–H and O–H groups in total. The maximum Gasteiger partial charge on any atom is 0.266 e. The number of halogens is 1. The highest BCUT2D eigenvalue weighted by molar-refractivity contribution is 6.40. The van der Waals surface area contributed by atoms with Gasteiger partial charge in [0.1, 0.15) is 0 Å². The summed E-state index contributed by atoms with van der Waals surface area (Å²) in [6.07, 6.45) is 0.714. The van der Waals surface area contributed by atoms with E-state index in [1.54, 1.807) is 36.4 Å². The van der Waals surface area contributed by atoms with Gasteiger partial charge in [-0.3, -0.25) is 14.4 Å². The number of rotatable bonds is 4. The standard InChI is InChI=1S/C25H19ClN2O4/c26-20-13-16(27-23(29)14-22-17-6-2-1-5-15(17)11-12-32-22)9-10-21(20)28-24(30)18-7-3-4-8-19(18)25(28)31/h1-10,13,22H,11-12,14H2,(H,27,29). The molecule has 3 aromatic carbocycles. The molecule has 0 saturated heterocycles. The SMILES string of the molecule is O=C(CC1OCCc2ccccc21)Nc1ccc(N2C(=O)c3ccccc3C2=O)c(Cl)c1. The Bertz CT molecular complexity index is 1220. The van der Waals surface area contributed by atoms with Crippen LogP contribution < -0.4 is 10.2 Å². The van der Waals surface area contributed by atoms with Gasteiger partial charge in [0.25, 0.3) is 11.8 Å². The third kappa shape index (κ3) is 3.57. The van der Waals surface area contributed by atoms with E-state index >= 15 is 0 Å². The zero-order valence-corrected chi connectivity index (χ0v) is 17.8. The molecule has 0 aliphatic carbocycles. The van der Waals surface area contributed by atoms with Gasteiger partial charge in [0.2, 0.25) is 5.91 Å². The molecule has 0 bridgehead atoms. The van der Waals surface area contributed by atoms with E-state index in [9.17, 15) is 14.4 Å². The minimum Gasteiger partial charge on any atom is -0.373 e.